The van der Waals surface area contributed by atoms with Crippen LogP contribution in [-0.4, -0.2) is 16.6 Å². The third kappa shape index (κ3) is 3.92. The highest BCUT2D eigenvalue weighted by atomic mass is 32.2. The van der Waals surface area contributed by atoms with Gasteiger partial charge in [-0.15, -0.1) is 0 Å². The van der Waals surface area contributed by atoms with E-state index in [1.54, 1.807) is 18.2 Å². The molecule has 0 atom stereocenters. The number of amides is 1. The largest absolute Gasteiger partial charge is 0.351 e. The molecule has 1 aromatic heterocycles. The van der Waals surface area contributed by atoms with Gasteiger partial charge in [0.15, 0.2) is 0 Å². The maximum Gasteiger partial charge on any atom is 0.230 e. The first-order valence-electron chi connectivity index (χ1n) is 7.63. The number of pyridine rings is 1. The van der Waals surface area contributed by atoms with E-state index in [0.717, 1.165) is 21.5 Å². The molecule has 0 spiro atoms. The molecule has 0 fully saturated rings. The fourth-order valence-corrected chi connectivity index (χ4v) is 3.22. The molecule has 0 saturated carbocycles. The fourth-order valence-electron chi connectivity index (χ4n) is 2.42. The summed E-state index contributed by atoms with van der Waals surface area (Å²) in [5, 5.41) is 4.66. The quantitative estimate of drug-likeness (QED) is 0.711. The summed E-state index contributed by atoms with van der Waals surface area (Å²) in [6.07, 6.45) is 0. The standard InChI is InChI=1S/C19H17FN2OS/c1-13-10-19(22-17-9-5-3-7-15(13)17)24-12-18(23)21-11-14-6-2-4-8-16(14)20/h2-10H,11-12H2,1H3,(H,21,23). The number of hydrogen-bond donors (Lipinski definition) is 1. The number of nitrogens with zero attached hydrogens (tertiary/aromatic N) is 1. The van der Waals surface area contributed by atoms with E-state index in [2.05, 4.69) is 10.3 Å². The van der Waals surface area contributed by atoms with Crippen molar-refractivity contribution in [3.05, 3.63) is 71.5 Å². The van der Waals surface area contributed by atoms with Crippen LogP contribution in [0.15, 0.2) is 59.6 Å². The third-order valence-corrected chi connectivity index (χ3v) is 4.60. The van der Waals surface area contributed by atoms with Crippen LogP contribution in [0.25, 0.3) is 10.9 Å². The Morgan fingerprint density at radius 3 is 2.75 bits per heavy atom. The lowest BCUT2D eigenvalue weighted by atomic mass is 10.1. The van der Waals surface area contributed by atoms with E-state index in [-0.39, 0.29) is 24.0 Å². The fraction of sp³-hybridized carbons (Fsp3) is 0.158. The number of thioether (sulfide) groups is 1. The Bertz CT molecular complexity index is 882. The summed E-state index contributed by atoms with van der Waals surface area (Å²) >= 11 is 1.38. The summed E-state index contributed by atoms with van der Waals surface area (Å²) in [7, 11) is 0. The average Bonchev–Trinajstić information content (AvgIpc) is 2.59. The molecule has 3 aromatic rings. The molecule has 2 aromatic carbocycles. The second-order valence-electron chi connectivity index (χ2n) is 5.45. The first-order valence-corrected chi connectivity index (χ1v) is 8.61. The number of aromatic nitrogens is 1. The molecule has 0 radical (unpaired) electrons. The number of aryl methyl sites for hydroxylation is 1. The van der Waals surface area contributed by atoms with Gasteiger partial charge in [-0.1, -0.05) is 48.2 Å². The molecular weight excluding hydrogens is 323 g/mol. The number of benzene rings is 2. The molecule has 1 N–H and O–H groups in total. The van der Waals surface area contributed by atoms with E-state index in [1.165, 1.54) is 17.8 Å². The molecule has 3 nitrogen and oxygen atoms in total. The van der Waals surface area contributed by atoms with Crippen molar-refractivity contribution in [2.75, 3.05) is 5.75 Å². The lowest BCUT2D eigenvalue weighted by Gasteiger charge is -2.08. The SMILES string of the molecule is Cc1cc(SCC(=O)NCc2ccccc2F)nc2ccccc12. The van der Waals surface area contributed by atoms with Crippen LogP contribution in [-0.2, 0) is 11.3 Å². The number of nitrogens with one attached hydrogen (secondary N) is 1. The van der Waals surface area contributed by atoms with Crippen molar-refractivity contribution in [2.24, 2.45) is 0 Å². The van der Waals surface area contributed by atoms with Crippen LogP contribution in [0, 0.1) is 12.7 Å². The smallest absolute Gasteiger partial charge is 0.230 e. The zero-order valence-corrected chi connectivity index (χ0v) is 14.1. The summed E-state index contributed by atoms with van der Waals surface area (Å²) in [6, 6.07) is 16.3. The minimum Gasteiger partial charge on any atom is -0.351 e. The summed E-state index contributed by atoms with van der Waals surface area (Å²) in [4.78, 5) is 16.5. The van der Waals surface area contributed by atoms with Gasteiger partial charge in [-0.2, -0.15) is 0 Å². The highest BCUT2D eigenvalue weighted by Gasteiger charge is 2.08. The average molecular weight is 340 g/mol. The van der Waals surface area contributed by atoms with Gasteiger partial charge in [-0.05, 0) is 30.7 Å². The van der Waals surface area contributed by atoms with Crippen LogP contribution in [0.4, 0.5) is 4.39 Å². The molecule has 0 aliphatic heterocycles. The molecule has 0 saturated heterocycles. The van der Waals surface area contributed by atoms with Crippen molar-refractivity contribution >= 4 is 28.6 Å². The number of hydrogen-bond acceptors (Lipinski definition) is 3. The van der Waals surface area contributed by atoms with E-state index in [0.29, 0.717) is 5.56 Å². The third-order valence-electron chi connectivity index (χ3n) is 3.68. The first kappa shape index (κ1) is 16.5. The van der Waals surface area contributed by atoms with Crippen molar-refractivity contribution in [1.82, 2.24) is 10.3 Å². The van der Waals surface area contributed by atoms with Gasteiger partial charge in [-0.25, -0.2) is 9.37 Å². The summed E-state index contributed by atoms with van der Waals surface area (Å²) in [5.74, 6) is -0.202. The van der Waals surface area contributed by atoms with E-state index in [9.17, 15) is 9.18 Å². The number of rotatable bonds is 5. The highest BCUT2D eigenvalue weighted by Crippen LogP contribution is 2.23. The number of halogens is 1. The van der Waals surface area contributed by atoms with E-state index < -0.39 is 0 Å². The molecule has 3 rings (SSSR count). The van der Waals surface area contributed by atoms with Crippen LogP contribution in [0.5, 0.6) is 0 Å². The lowest BCUT2D eigenvalue weighted by Crippen LogP contribution is -2.25. The van der Waals surface area contributed by atoms with Crippen LogP contribution >= 0.6 is 11.8 Å². The summed E-state index contributed by atoms with van der Waals surface area (Å²) < 4.78 is 13.5. The molecule has 122 valence electrons. The number of carbonyl (C=O) groups is 1. The van der Waals surface area contributed by atoms with Crippen molar-refractivity contribution < 1.29 is 9.18 Å². The van der Waals surface area contributed by atoms with E-state index >= 15 is 0 Å². The molecule has 0 aliphatic rings. The predicted octanol–water partition coefficient (Wildman–Crippen LogP) is 4.09. The van der Waals surface area contributed by atoms with Gasteiger partial charge in [0.05, 0.1) is 16.3 Å². The maximum atomic E-state index is 13.5. The molecule has 0 bridgehead atoms. The number of carbonyl (C=O) groups excluding carboxylic acids is 1. The summed E-state index contributed by atoms with van der Waals surface area (Å²) in [5.41, 5.74) is 2.54. The molecule has 0 aliphatic carbocycles. The van der Waals surface area contributed by atoms with Crippen LogP contribution in [0.1, 0.15) is 11.1 Å². The molecule has 1 amide bonds. The van der Waals surface area contributed by atoms with Gasteiger partial charge in [0.25, 0.3) is 0 Å². The van der Waals surface area contributed by atoms with Crippen molar-refractivity contribution in [2.45, 2.75) is 18.5 Å². The van der Waals surface area contributed by atoms with Crippen molar-refractivity contribution in [1.29, 1.82) is 0 Å². The van der Waals surface area contributed by atoms with Crippen molar-refractivity contribution in [3.8, 4) is 0 Å². The van der Waals surface area contributed by atoms with Gasteiger partial charge in [0, 0.05) is 17.5 Å². The Hall–Kier alpha value is -2.40. The Balaban J connectivity index is 1.59. The second kappa shape index (κ2) is 7.45. The molecule has 5 heteroatoms. The molecular formula is C19H17FN2OS. The topological polar surface area (TPSA) is 42.0 Å². The monoisotopic (exact) mass is 340 g/mol. The van der Waals surface area contributed by atoms with Crippen LogP contribution < -0.4 is 5.32 Å². The Labute approximate surface area is 144 Å². The predicted molar refractivity (Wildman–Crippen MR) is 95.5 cm³/mol. The Kier molecular flexibility index (Phi) is 5.11. The van der Waals surface area contributed by atoms with Gasteiger partial charge in [0.2, 0.25) is 5.91 Å². The Morgan fingerprint density at radius 1 is 1.17 bits per heavy atom. The minimum absolute atomic E-state index is 0.143. The zero-order chi connectivity index (χ0) is 16.9. The van der Waals surface area contributed by atoms with Crippen LogP contribution in [0.3, 0.4) is 0 Å². The second-order valence-corrected chi connectivity index (χ2v) is 6.45. The zero-order valence-electron chi connectivity index (χ0n) is 13.3. The minimum atomic E-state index is -0.308. The Morgan fingerprint density at radius 2 is 1.92 bits per heavy atom. The summed E-state index contributed by atoms with van der Waals surface area (Å²) in [6.45, 7) is 2.22. The maximum absolute atomic E-state index is 13.5. The van der Waals surface area contributed by atoms with E-state index in [4.69, 9.17) is 0 Å². The van der Waals surface area contributed by atoms with Gasteiger partial charge >= 0.3 is 0 Å². The van der Waals surface area contributed by atoms with E-state index in [1.807, 2.05) is 37.3 Å². The molecule has 0 unspecified atom stereocenters. The van der Waals surface area contributed by atoms with Crippen LogP contribution in [0.2, 0.25) is 0 Å². The molecule has 24 heavy (non-hydrogen) atoms. The first-order chi connectivity index (χ1) is 11.6. The highest BCUT2D eigenvalue weighted by molar-refractivity contribution is 7.99. The van der Waals surface area contributed by atoms with Gasteiger partial charge in [0.1, 0.15) is 5.82 Å². The van der Waals surface area contributed by atoms with Gasteiger partial charge in [-0.3, -0.25) is 4.79 Å². The molecule has 1 heterocycles. The number of para-hydroxylation sites is 1. The van der Waals surface area contributed by atoms with Gasteiger partial charge < -0.3 is 5.32 Å². The van der Waals surface area contributed by atoms with Crippen molar-refractivity contribution in [3.63, 3.8) is 0 Å². The normalized spacial score (nSPS) is 10.8. The number of fused-ring (bicyclic) bond motifs is 1. The lowest BCUT2D eigenvalue weighted by molar-refractivity contribution is -0.118.